The number of thiazole rings is 1. The third-order valence-electron chi connectivity index (χ3n) is 3.58. The molecular weight excluding hydrogens is 274 g/mol. The second-order valence-corrected chi connectivity index (χ2v) is 6.39. The number of nitrogens with zero attached hydrogens (tertiary/aromatic N) is 2. The molecule has 0 aliphatic carbocycles. The third kappa shape index (κ3) is 3.77. The Balaban J connectivity index is 1.84. The number of hydrogen-bond acceptors (Lipinski definition) is 5. The third-order valence-corrected chi connectivity index (χ3v) is 4.51. The lowest BCUT2D eigenvalue weighted by molar-refractivity contribution is -0.0778. The van der Waals surface area contributed by atoms with Gasteiger partial charge in [-0.15, -0.1) is 11.3 Å². The van der Waals surface area contributed by atoms with Gasteiger partial charge in [-0.05, 0) is 27.7 Å². The number of carbonyl (C=O) groups is 1. The van der Waals surface area contributed by atoms with Gasteiger partial charge in [0.25, 0.3) is 5.91 Å². The molecule has 2 heterocycles. The Labute approximate surface area is 124 Å². The summed E-state index contributed by atoms with van der Waals surface area (Å²) in [7, 11) is 0. The fraction of sp³-hybridized carbons (Fsp3) is 0.714. The summed E-state index contributed by atoms with van der Waals surface area (Å²) in [5.41, 5.74) is 2.51. The van der Waals surface area contributed by atoms with E-state index in [9.17, 15) is 4.79 Å². The van der Waals surface area contributed by atoms with Crippen molar-refractivity contribution in [2.24, 2.45) is 0 Å². The maximum atomic E-state index is 12.1. The molecule has 1 aromatic heterocycles. The minimum atomic E-state index is -0.0220. The van der Waals surface area contributed by atoms with Crippen LogP contribution in [0.2, 0.25) is 0 Å². The van der Waals surface area contributed by atoms with Crippen LogP contribution >= 0.6 is 11.3 Å². The molecule has 112 valence electrons. The summed E-state index contributed by atoms with van der Waals surface area (Å²) < 4.78 is 5.73. The highest BCUT2D eigenvalue weighted by Crippen LogP contribution is 2.14. The number of carbonyl (C=O) groups excluding carboxylic acids is 1. The molecule has 0 bridgehead atoms. The van der Waals surface area contributed by atoms with Gasteiger partial charge in [0, 0.05) is 25.7 Å². The first-order valence-electron chi connectivity index (χ1n) is 7.05. The predicted octanol–water partition coefficient (Wildman–Crippen LogP) is 1.68. The Morgan fingerprint density at radius 2 is 2.20 bits per heavy atom. The highest BCUT2D eigenvalue weighted by Gasteiger charge is 2.26. The Bertz CT molecular complexity index is 453. The molecule has 0 spiro atoms. The largest absolute Gasteiger partial charge is 0.373 e. The maximum Gasteiger partial charge on any atom is 0.263 e. The Morgan fingerprint density at radius 1 is 1.55 bits per heavy atom. The molecule has 0 aromatic carbocycles. The molecule has 3 atom stereocenters. The van der Waals surface area contributed by atoms with E-state index in [1.54, 1.807) is 5.51 Å². The van der Waals surface area contributed by atoms with Crippen molar-refractivity contribution in [3.63, 3.8) is 0 Å². The molecule has 1 aliphatic heterocycles. The second-order valence-electron chi connectivity index (χ2n) is 5.54. The predicted molar refractivity (Wildman–Crippen MR) is 80.2 cm³/mol. The zero-order valence-electron chi connectivity index (χ0n) is 12.5. The average Bonchev–Trinajstić information content (AvgIpc) is 2.80. The van der Waals surface area contributed by atoms with Crippen LogP contribution in [0.5, 0.6) is 0 Å². The van der Waals surface area contributed by atoms with Gasteiger partial charge < -0.3 is 10.1 Å². The summed E-state index contributed by atoms with van der Waals surface area (Å²) in [5, 5.41) is 3.00. The number of rotatable bonds is 4. The molecule has 6 heteroatoms. The standard InChI is InChI=1S/C14H23N3O2S/c1-9(17-6-10(2)19-11(3)7-17)5-15-14(18)13-12(4)16-8-20-13/h8-11H,5-7H2,1-4H3,(H,15,18)/t9-,10+,11+/m0/s1. The van der Waals surface area contributed by atoms with Crippen molar-refractivity contribution >= 4 is 17.2 Å². The van der Waals surface area contributed by atoms with Gasteiger partial charge in [-0.2, -0.15) is 0 Å². The van der Waals surface area contributed by atoms with Crippen molar-refractivity contribution in [1.82, 2.24) is 15.2 Å². The highest BCUT2D eigenvalue weighted by molar-refractivity contribution is 7.11. The number of aromatic nitrogens is 1. The fourth-order valence-electron chi connectivity index (χ4n) is 2.55. The van der Waals surface area contributed by atoms with Crippen LogP contribution in [0.15, 0.2) is 5.51 Å². The lowest BCUT2D eigenvalue weighted by Crippen LogP contribution is -2.52. The van der Waals surface area contributed by atoms with Gasteiger partial charge in [0.05, 0.1) is 23.4 Å². The SMILES string of the molecule is Cc1ncsc1C(=O)NC[C@H](C)N1C[C@@H](C)O[C@H](C)C1. The van der Waals surface area contributed by atoms with E-state index in [1.807, 2.05) is 6.92 Å². The van der Waals surface area contributed by atoms with Crippen molar-refractivity contribution in [2.75, 3.05) is 19.6 Å². The van der Waals surface area contributed by atoms with E-state index in [0.717, 1.165) is 18.8 Å². The highest BCUT2D eigenvalue weighted by atomic mass is 32.1. The van der Waals surface area contributed by atoms with Crippen molar-refractivity contribution < 1.29 is 9.53 Å². The molecule has 20 heavy (non-hydrogen) atoms. The Morgan fingerprint density at radius 3 is 2.75 bits per heavy atom. The van der Waals surface area contributed by atoms with Gasteiger partial charge in [-0.1, -0.05) is 0 Å². The second kappa shape index (κ2) is 6.65. The van der Waals surface area contributed by atoms with Crippen LogP contribution in [0.25, 0.3) is 0 Å². The van der Waals surface area contributed by atoms with Gasteiger partial charge in [0.2, 0.25) is 0 Å². The van der Waals surface area contributed by atoms with E-state index in [-0.39, 0.29) is 18.1 Å². The first kappa shape index (κ1) is 15.4. The maximum absolute atomic E-state index is 12.1. The van der Waals surface area contributed by atoms with Crippen LogP contribution < -0.4 is 5.32 Å². The van der Waals surface area contributed by atoms with Gasteiger partial charge in [-0.25, -0.2) is 4.98 Å². The van der Waals surface area contributed by atoms with E-state index in [4.69, 9.17) is 4.74 Å². The normalized spacial score (nSPS) is 25.4. The van der Waals surface area contributed by atoms with E-state index in [0.29, 0.717) is 17.5 Å². The molecule has 5 nitrogen and oxygen atoms in total. The number of aryl methyl sites for hydroxylation is 1. The summed E-state index contributed by atoms with van der Waals surface area (Å²) in [5.74, 6) is -0.0220. The molecule has 0 saturated carbocycles. The van der Waals surface area contributed by atoms with Crippen LogP contribution in [0.1, 0.15) is 36.1 Å². The average molecular weight is 297 g/mol. The number of nitrogens with one attached hydrogen (secondary N) is 1. The van der Waals surface area contributed by atoms with E-state index in [1.165, 1.54) is 11.3 Å². The van der Waals surface area contributed by atoms with Crippen molar-refractivity contribution in [3.05, 3.63) is 16.1 Å². The zero-order chi connectivity index (χ0) is 14.7. The number of amides is 1. The molecule has 1 aromatic rings. The van der Waals surface area contributed by atoms with Crippen LogP contribution in [0, 0.1) is 6.92 Å². The monoisotopic (exact) mass is 297 g/mol. The molecule has 2 rings (SSSR count). The van der Waals surface area contributed by atoms with E-state index >= 15 is 0 Å². The summed E-state index contributed by atoms with van der Waals surface area (Å²) in [6.07, 6.45) is 0.501. The number of ether oxygens (including phenoxy) is 1. The smallest absolute Gasteiger partial charge is 0.263 e. The molecule has 1 N–H and O–H groups in total. The molecule has 0 radical (unpaired) electrons. The Hall–Kier alpha value is -0.980. The van der Waals surface area contributed by atoms with Crippen LogP contribution in [0.3, 0.4) is 0 Å². The summed E-state index contributed by atoms with van der Waals surface area (Å²) in [6.45, 7) is 10.7. The van der Waals surface area contributed by atoms with E-state index in [2.05, 4.69) is 36.0 Å². The molecule has 1 fully saturated rings. The molecule has 0 unspecified atom stereocenters. The lowest BCUT2D eigenvalue weighted by atomic mass is 10.1. The summed E-state index contributed by atoms with van der Waals surface area (Å²) in [4.78, 5) is 19.2. The van der Waals surface area contributed by atoms with Crippen LogP contribution in [0.4, 0.5) is 0 Å². The quantitative estimate of drug-likeness (QED) is 0.918. The Kier molecular flexibility index (Phi) is 5.12. The molecular formula is C14H23N3O2S. The molecule has 1 amide bonds. The number of hydrogen-bond donors (Lipinski definition) is 1. The molecule has 1 aliphatic rings. The van der Waals surface area contributed by atoms with Crippen LogP contribution in [-0.4, -0.2) is 53.7 Å². The van der Waals surface area contributed by atoms with Gasteiger partial charge in [-0.3, -0.25) is 9.69 Å². The lowest BCUT2D eigenvalue weighted by Gasteiger charge is -2.38. The fourth-order valence-corrected chi connectivity index (χ4v) is 3.27. The van der Waals surface area contributed by atoms with Gasteiger partial charge in [0.15, 0.2) is 0 Å². The minimum absolute atomic E-state index is 0.0220. The van der Waals surface area contributed by atoms with Gasteiger partial charge >= 0.3 is 0 Å². The van der Waals surface area contributed by atoms with Crippen molar-refractivity contribution in [2.45, 2.75) is 45.9 Å². The van der Waals surface area contributed by atoms with Crippen LogP contribution in [-0.2, 0) is 4.74 Å². The first-order chi connectivity index (χ1) is 9.47. The molecule has 1 saturated heterocycles. The minimum Gasteiger partial charge on any atom is -0.373 e. The first-order valence-corrected chi connectivity index (χ1v) is 7.93. The van der Waals surface area contributed by atoms with Crippen molar-refractivity contribution in [3.8, 4) is 0 Å². The van der Waals surface area contributed by atoms with Gasteiger partial charge in [0.1, 0.15) is 4.88 Å². The summed E-state index contributed by atoms with van der Waals surface area (Å²) >= 11 is 1.39. The summed E-state index contributed by atoms with van der Waals surface area (Å²) in [6, 6.07) is 0.306. The van der Waals surface area contributed by atoms with E-state index < -0.39 is 0 Å². The topological polar surface area (TPSA) is 54.5 Å². The number of morpholine rings is 1. The zero-order valence-corrected chi connectivity index (χ0v) is 13.4. The van der Waals surface area contributed by atoms with Crippen molar-refractivity contribution in [1.29, 1.82) is 0 Å².